The summed E-state index contributed by atoms with van der Waals surface area (Å²) in [6.07, 6.45) is -10.2. The van der Waals surface area contributed by atoms with Gasteiger partial charge in [0.2, 0.25) is 10.0 Å². The topological polar surface area (TPSA) is 49.4 Å². The number of halogens is 7. The maximum Gasteiger partial charge on any atom is 0.417 e. The van der Waals surface area contributed by atoms with Crippen LogP contribution in [-0.4, -0.2) is 44.6 Å². The Bertz CT molecular complexity index is 800. The van der Waals surface area contributed by atoms with Gasteiger partial charge in [0, 0.05) is 25.0 Å². The van der Waals surface area contributed by atoms with Crippen LogP contribution in [0, 0.1) is 11.2 Å². The van der Waals surface area contributed by atoms with Crippen molar-refractivity contribution in [2.45, 2.75) is 23.3 Å². The van der Waals surface area contributed by atoms with Crippen LogP contribution >= 0.6 is 0 Å². The molecule has 1 N–H and O–H groups in total. The highest BCUT2D eigenvalue weighted by Gasteiger charge is 2.69. The lowest BCUT2D eigenvalue weighted by Gasteiger charge is -2.61. The van der Waals surface area contributed by atoms with E-state index in [0.717, 1.165) is 0 Å². The number of benzene rings is 1. The van der Waals surface area contributed by atoms with E-state index in [2.05, 4.69) is 5.32 Å². The van der Waals surface area contributed by atoms with Gasteiger partial charge in [0.15, 0.2) is 0 Å². The lowest BCUT2D eigenvalue weighted by atomic mass is 9.68. The molecular formula is C13H11F7N2O2S. The maximum absolute atomic E-state index is 13.3. The van der Waals surface area contributed by atoms with Crippen molar-refractivity contribution in [3.63, 3.8) is 0 Å². The molecule has 4 nitrogen and oxygen atoms in total. The first-order valence-electron chi connectivity index (χ1n) is 6.95. The fraction of sp³-hybridized carbons (Fsp3) is 0.538. The zero-order valence-electron chi connectivity index (χ0n) is 12.2. The molecule has 0 saturated carbocycles. The lowest BCUT2D eigenvalue weighted by molar-refractivity contribution is -0.250. The van der Waals surface area contributed by atoms with E-state index in [0.29, 0.717) is 12.1 Å². The molecule has 0 aliphatic carbocycles. The third kappa shape index (κ3) is 2.79. The normalized spacial score (nSPS) is 24.0. The standard InChI is InChI=1S/C13H11F7N2O2S/c14-7-1-2-9(8(3-7)12(15,16)17)25(23,24)22-6-11(4-21-5-11)10(22)13(18,19)20/h1-3,10,21H,4-6H2. The van der Waals surface area contributed by atoms with Crippen LogP contribution in [0.25, 0.3) is 0 Å². The van der Waals surface area contributed by atoms with Crippen LogP contribution in [0.1, 0.15) is 5.56 Å². The summed E-state index contributed by atoms with van der Waals surface area (Å²) in [5.74, 6) is -1.35. The van der Waals surface area contributed by atoms with Crippen LogP contribution in [-0.2, 0) is 16.2 Å². The number of sulfonamides is 1. The summed E-state index contributed by atoms with van der Waals surface area (Å²) in [6.45, 7) is -0.724. The van der Waals surface area contributed by atoms with Gasteiger partial charge in [-0.1, -0.05) is 0 Å². The molecule has 1 spiro atoms. The number of alkyl halides is 6. The van der Waals surface area contributed by atoms with Gasteiger partial charge >= 0.3 is 12.4 Å². The molecule has 0 aromatic heterocycles. The van der Waals surface area contributed by atoms with Crippen molar-refractivity contribution in [3.05, 3.63) is 29.6 Å². The first-order valence-corrected chi connectivity index (χ1v) is 8.39. The number of hydrogen-bond donors (Lipinski definition) is 1. The van der Waals surface area contributed by atoms with Crippen molar-refractivity contribution < 1.29 is 39.2 Å². The predicted octanol–water partition coefficient (Wildman–Crippen LogP) is 2.37. The largest absolute Gasteiger partial charge is 0.417 e. The minimum atomic E-state index is -5.24. The Morgan fingerprint density at radius 1 is 1.12 bits per heavy atom. The second-order valence-corrected chi connectivity index (χ2v) is 7.96. The molecule has 140 valence electrons. The van der Waals surface area contributed by atoms with Gasteiger partial charge in [-0.25, -0.2) is 12.8 Å². The van der Waals surface area contributed by atoms with E-state index in [1.54, 1.807) is 0 Å². The second-order valence-electron chi connectivity index (χ2n) is 6.10. The van der Waals surface area contributed by atoms with E-state index in [1.165, 1.54) is 0 Å². The zero-order valence-corrected chi connectivity index (χ0v) is 13.1. The molecule has 1 aromatic rings. The molecular weight excluding hydrogens is 381 g/mol. The molecule has 0 bridgehead atoms. The van der Waals surface area contributed by atoms with Crippen molar-refractivity contribution in [2.24, 2.45) is 5.41 Å². The second kappa shape index (κ2) is 5.30. The Morgan fingerprint density at radius 3 is 2.16 bits per heavy atom. The molecule has 0 amide bonds. The van der Waals surface area contributed by atoms with Gasteiger partial charge in [-0.2, -0.15) is 30.6 Å². The maximum atomic E-state index is 13.3. The van der Waals surface area contributed by atoms with Gasteiger partial charge < -0.3 is 5.32 Å². The third-order valence-corrected chi connectivity index (χ3v) is 6.31. The van der Waals surface area contributed by atoms with E-state index < -0.39 is 56.7 Å². The third-order valence-electron chi connectivity index (χ3n) is 4.44. The molecule has 1 atom stereocenters. The Labute approximate surface area is 137 Å². The SMILES string of the molecule is O=S(=O)(c1ccc(F)cc1C(F)(F)F)N1CC2(CNC2)C1C(F)(F)F. The van der Waals surface area contributed by atoms with Gasteiger partial charge in [-0.05, 0) is 18.2 Å². The molecule has 2 aliphatic rings. The van der Waals surface area contributed by atoms with Gasteiger partial charge in [-0.3, -0.25) is 0 Å². The highest BCUT2D eigenvalue weighted by Crippen LogP contribution is 2.51. The minimum Gasteiger partial charge on any atom is -0.315 e. The van der Waals surface area contributed by atoms with Crippen LogP contribution in [0.15, 0.2) is 23.1 Å². The first-order chi connectivity index (χ1) is 11.3. The minimum absolute atomic E-state index is 0.0102. The number of nitrogens with one attached hydrogen (secondary N) is 1. The molecule has 3 rings (SSSR count). The van der Waals surface area contributed by atoms with E-state index in [4.69, 9.17) is 0 Å². The van der Waals surface area contributed by atoms with Gasteiger partial charge in [-0.15, -0.1) is 0 Å². The zero-order chi connectivity index (χ0) is 18.8. The van der Waals surface area contributed by atoms with Crippen LogP contribution < -0.4 is 5.32 Å². The Morgan fingerprint density at radius 2 is 1.72 bits per heavy atom. The summed E-state index contributed by atoms with van der Waals surface area (Å²) in [4.78, 5) is -1.39. The van der Waals surface area contributed by atoms with E-state index in [-0.39, 0.29) is 23.5 Å². The number of nitrogens with zero attached hydrogens (tertiary/aromatic N) is 1. The molecule has 0 radical (unpaired) electrons. The van der Waals surface area contributed by atoms with Crippen molar-refractivity contribution >= 4 is 10.0 Å². The van der Waals surface area contributed by atoms with E-state index in [9.17, 15) is 39.2 Å². The monoisotopic (exact) mass is 392 g/mol. The predicted molar refractivity (Wildman–Crippen MR) is 70.4 cm³/mol. The summed E-state index contributed by atoms with van der Waals surface area (Å²) < 4.78 is 117. The molecule has 2 aliphatic heterocycles. The van der Waals surface area contributed by atoms with Crippen LogP contribution in [0.5, 0.6) is 0 Å². The van der Waals surface area contributed by atoms with Gasteiger partial charge in [0.1, 0.15) is 11.9 Å². The van der Waals surface area contributed by atoms with Crippen molar-refractivity contribution in [3.8, 4) is 0 Å². The molecule has 2 heterocycles. The molecule has 1 unspecified atom stereocenters. The average Bonchev–Trinajstić information content (AvgIpc) is 2.31. The van der Waals surface area contributed by atoms with Crippen LogP contribution in [0.3, 0.4) is 0 Å². The summed E-state index contributed by atoms with van der Waals surface area (Å²) in [6, 6.07) is -1.66. The van der Waals surface area contributed by atoms with Gasteiger partial charge in [0.25, 0.3) is 0 Å². The number of hydrogen-bond acceptors (Lipinski definition) is 3. The van der Waals surface area contributed by atoms with E-state index >= 15 is 0 Å². The number of rotatable bonds is 2. The fourth-order valence-corrected chi connectivity index (χ4v) is 5.23. The fourth-order valence-electron chi connectivity index (χ4n) is 3.24. The summed E-state index contributed by atoms with van der Waals surface area (Å²) in [7, 11) is -5.11. The molecule has 25 heavy (non-hydrogen) atoms. The highest BCUT2D eigenvalue weighted by molar-refractivity contribution is 7.89. The van der Waals surface area contributed by atoms with Crippen molar-refractivity contribution in [1.82, 2.24) is 9.62 Å². The average molecular weight is 392 g/mol. The smallest absolute Gasteiger partial charge is 0.315 e. The summed E-state index contributed by atoms with van der Waals surface area (Å²) >= 11 is 0. The van der Waals surface area contributed by atoms with Gasteiger partial charge in [0.05, 0.1) is 10.5 Å². The highest BCUT2D eigenvalue weighted by atomic mass is 32.2. The lowest BCUT2D eigenvalue weighted by Crippen LogP contribution is -2.80. The van der Waals surface area contributed by atoms with Crippen LogP contribution in [0.2, 0.25) is 0 Å². The van der Waals surface area contributed by atoms with Crippen LogP contribution in [0.4, 0.5) is 30.7 Å². The van der Waals surface area contributed by atoms with Crippen molar-refractivity contribution in [2.75, 3.05) is 19.6 Å². The molecule has 12 heteroatoms. The molecule has 2 fully saturated rings. The summed E-state index contributed by atoms with van der Waals surface area (Å²) in [5.41, 5.74) is -3.20. The quantitative estimate of drug-likeness (QED) is 0.787. The molecule has 2 saturated heterocycles. The Kier molecular flexibility index (Phi) is 3.90. The van der Waals surface area contributed by atoms with E-state index in [1.807, 2.05) is 0 Å². The first kappa shape index (κ1) is 18.4. The Balaban J connectivity index is 2.06. The Hall–Kier alpha value is -1.40. The summed E-state index contributed by atoms with van der Waals surface area (Å²) in [5, 5.41) is 2.61. The van der Waals surface area contributed by atoms with Crippen molar-refractivity contribution in [1.29, 1.82) is 0 Å². The molecule has 1 aromatic carbocycles.